The van der Waals surface area contributed by atoms with Gasteiger partial charge in [-0.3, -0.25) is 4.57 Å². The van der Waals surface area contributed by atoms with Gasteiger partial charge in [-0.2, -0.15) is 0 Å². The molecule has 0 spiro atoms. The fourth-order valence-corrected chi connectivity index (χ4v) is 4.38. The Bertz CT molecular complexity index is 939. The van der Waals surface area contributed by atoms with Crippen LogP contribution in [0.2, 0.25) is 0 Å². The van der Waals surface area contributed by atoms with Crippen molar-refractivity contribution >= 4 is 16.0 Å². The largest absolute Gasteiger partial charge is 0.375 e. The van der Waals surface area contributed by atoms with Crippen LogP contribution in [0.5, 0.6) is 0 Å². The first-order valence-corrected chi connectivity index (χ1v) is 11.5. The van der Waals surface area contributed by atoms with Gasteiger partial charge in [0.25, 0.3) is 0 Å². The zero-order valence-electron chi connectivity index (χ0n) is 17.9. The standard InChI is InChI=1S/C20H31N5O3S/c1-6-17-14-24(10-11-28-17)20-22-21-19(25(20)13-15(2)3)16-8-7-9-18(12-16)29(26,27)23(4)5/h7-9,12,15,17H,6,10-11,13-14H2,1-5H3/t17-/m0/s1. The number of anilines is 1. The topological polar surface area (TPSA) is 80.6 Å². The van der Waals surface area contributed by atoms with Crippen molar-refractivity contribution in [1.82, 2.24) is 19.1 Å². The summed E-state index contributed by atoms with van der Waals surface area (Å²) in [6, 6.07) is 6.92. The minimum absolute atomic E-state index is 0.185. The van der Waals surface area contributed by atoms with Gasteiger partial charge in [0.15, 0.2) is 5.82 Å². The summed E-state index contributed by atoms with van der Waals surface area (Å²) in [5.41, 5.74) is 0.743. The minimum atomic E-state index is -3.52. The molecule has 2 aromatic rings. The zero-order chi connectivity index (χ0) is 21.2. The molecular formula is C20H31N5O3S. The normalized spacial score (nSPS) is 18.0. The predicted molar refractivity (Wildman–Crippen MR) is 113 cm³/mol. The third-order valence-corrected chi connectivity index (χ3v) is 6.84. The van der Waals surface area contributed by atoms with Crippen LogP contribution in [-0.4, -0.2) is 67.4 Å². The fourth-order valence-electron chi connectivity index (χ4n) is 3.43. The highest BCUT2D eigenvalue weighted by Crippen LogP contribution is 2.27. The maximum absolute atomic E-state index is 12.6. The zero-order valence-corrected chi connectivity index (χ0v) is 18.7. The van der Waals surface area contributed by atoms with Gasteiger partial charge in [0, 0.05) is 39.3 Å². The summed E-state index contributed by atoms with van der Waals surface area (Å²) in [4.78, 5) is 2.47. The van der Waals surface area contributed by atoms with E-state index in [4.69, 9.17) is 4.74 Å². The van der Waals surface area contributed by atoms with E-state index >= 15 is 0 Å². The molecule has 1 aliphatic rings. The highest BCUT2D eigenvalue weighted by molar-refractivity contribution is 7.89. The number of aromatic nitrogens is 3. The second-order valence-corrected chi connectivity index (χ2v) is 10.1. The van der Waals surface area contributed by atoms with Crippen LogP contribution in [0.3, 0.4) is 0 Å². The molecular weight excluding hydrogens is 390 g/mol. The van der Waals surface area contributed by atoms with E-state index in [2.05, 4.69) is 40.4 Å². The maximum atomic E-state index is 12.6. The average Bonchev–Trinajstić information content (AvgIpc) is 3.10. The Morgan fingerprint density at radius 1 is 1.28 bits per heavy atom. The Morgan fingerprint density at radius 3 is 2.69 bits per heavy atom. The molecule has 2 heterocycles. The molecule has 0 amide bonds. The fraction of sp³-hybridized carbons (Fsp3) is 0.600. The lowest BCUT2D eigenvalue weighted by molar-refractivity contribution is 0.0376. The Kier molecular flexibility index (Phi) is 6.60. The lowest BCUT2D eigenvalue weighted by Gasteiger charge is -2.33. The predicted octanol–water partition coefficient (Wildman–Crippen LogP) is 2.47. The number of ether oxygens (including phenoxy) is 1. The van der Waals surface area contributed by atoms with E-state index in [1.165, 1.54) is 18.4 Å². The molecule has 0 unspecified atom stereocenters. The molecule has 1 aliphatic heterocycles. The van der Waals surface area contributed by atoms with E-state index in [9.17, 15) is 8.42 Å². The molecule has 8 nitrogen and oxygen atoms in total. The Morgan fingerprint density at radius 2 is 2.03 bits per heavy atom. The molecule has 1 atom stereocenters. The van der Waals surface area contributed by atoms with E-state index in [-0.39, 0.29) is 11.0 Å². The Labute approximate surface area is 173 Å². The molecule has 1 fully saturated rings. The lowest BCUT2D eigenvalue weighted by Crippen LogP contribution is -2.43. The first-order chi connectivity index (χ1) is 13.7. The summed E-state index contributed by atoms with van der Waals surface area (Å²) >= 11 is 0. The number of hydrogen-bond donors (Lipinski definition) is 0. The van der Waals surface area contributed by atoms with E-state index in [1.807, 2.05) is 6.07 Å². The van der Waals surface area contributed by atoms with Crippen LogP contribution in [0, 0.1) is 5.92 Å². The molecule has 3 rings (SSSR count). The molecule has 1 aromatic heterocycles. The quantitative estimate of drug-likeness (QED) is 0.683. The van der Waals surface area contributed by atoms with Crippen LogP contribution in [-0.2, 0) is 21.3 Å². The number of morpholine rings is 1. The number of sulfonamides is 1. The van der Waals surface area contributed by atoms with Crippen LogP contribution in [0.25, 0.3) is 11.4 Å². The average molecular weight is 422 g/mol. The number of rotatable bonds is 7. The third-order valence-electron chi connectivity index (χ3n) is 5.03. The summed E-state index contributed by atoms with van der Waals surface area (Å²) in [5, 5.41) is 8.94. The number of benzene rings is 1. The third kappa shape index (κ3) is 4.62. The number of nitrogens with zero attached hydrogens (tertiary/aromatic N) is 5. The highest BCUT2D eigenvalue weighted by atomic mass is 32.2. The van der Waals surface area contributed by atoms with Crippen molar-refractivity contribution in [2.24, 2.45) is 5.92 Å². The minimum Gasteiger partial charge on any atom is -0.375 e. The van der Waals surface area contributed by atoms with Gasteiger partial charge in [-0.15, -0.1) is 10.2 Å². The van der Waals surface area contributed by atoms with Crippen LogP contribution in [0.4, 0.5) is 5.95 Å². The molecule has 1 saturated heterocycles. The van der Waals surface area contributed by atoms with E-state index in [1.54, 1.807) is 18.2 Å². The van der Waals surface area contributed by atoms with Crippen LogP contribution in [0.1, 0.15) is 27.2 Å². The van der Waals surface area contributed by atoms with E-state index in [0.717, 1.165) is 37.6 Å². The maximum Gasteiger partial charge on any atom is 0.242 e. The summed E-state index contributed by atoms with van der Waals surface area (Å²) in [6.07, 6.45) is 1.14. The van der Waals surface area contributed by atoms with Gasteiger partial charge in [-0.05, 0) is 24.5 Å². The molecule has 0 radical (unpaired) electrons. The summed E-state index contributed by atoms with van der Waals surface area (Å²) in [7, 11) is -0.455. The Hall–Kier alpha value is -1.97. The van der Waals surface area contributed by atoms with Crippen molar-refractivity contribution in [3.8, 4) is 11.4 Å². The van der Waals surface area contributed by atoms with Crippen LogP contribution >= 0.6 is 0 Å². The van der Waals surface area contributed by atoms with Crippen molar-refractivity contribution in [1.29, 1.82) is 0 Å². The van der Waals surface area contributed by atoms with Crippen molar-refractivity contribution in [3.05, 3.63) is 24.3 Å². The SMILES string of the molecule is CC[C@H]1CN(c2nnc(-c3cccc(S(=O)(=O)N(C)C)c3)n2CC(C)C)CCO1. The smallest absolute Gasteiger partial charge is 0.242 e. The van der Waals surface area contributed by atoms with Crippen molar-refractivity contribution < 1.29 is 13.2 Å². The Balaban J connectivity index is 2.03. The molecule has 29 heavy (non-hydrogen) atoms. The monoisotopic (exact) mass is 421 g/mol. The van der Waals surface area contributed by atoms with Crippen LogP contribution in [0.15, 0.2) is 29.2 Å². The molecule has 1 aromatic carbocycles. The van der Waals surface area contributed by atoms with E-state index in [0.29, 0.717) is 18.3 Å². The molecule has 9 heteroatoms. The lowest BCUT2D eigenvalue weighted by atomic mass is 10.2. The number of hydrogen-bond acceptors (Lipinski definition) is 6. The van der Waals surface area contributed by atoms with Gasteiger partial charge >= 0.3 is 0 Å². The van der Waals surface area contributed by atoms with Crippen molar-refractivity contribution in [3.63, 3.8) is 0 Å². The van der Waals surface area contributed by atoms with Crippen molar-refractivity contribution in [2.45, 2.75) is 44.7 Å². The van der Waals surface area contributed by atoms with E-state index < -0.39 is 10.0 Å². The second-order valence-electron chi connectivity index (χ2n) is 7.99. The van der Waals surface area contributed by atoms with Gasteiger partial charge < -0.3 is 9.64 Å². The summed E-state index contributed by atoms with van der Waals surface area (Å²) < 4.78 is 34.2. The van der Waals surface area contributed by atoms with Gasteiger partial charge in [-0.1, -0.05) is 32.9 Å². The first kappa shape index (κ1) is 21.7. The first-order valence-electron chi connectivity index (χ1n) is 10.1. The van der Waals surface area contributed by atoms with Crippen molar-refractivity contribution in [2.75, 3.05) is 38.7 Å². The summed E-state index contributed by atoms with van der Waals surface area (Å²) in [5.74, 6) is 1.89. The van der Waals surface area contributed by atoms with Gasteiger partial charge in [0.05, 0.1) is 17.6 Å². The van der Waals surface area contributed by atoms with Crippen LogP contribution < -0.4 is 4.90 Å². The molecule has 0 bridgehead atoms. The molecule has 160 valence electrons. The summed E-state index contributed by atoms with van der Waals surface area (Å²) in [6.45, 7) is 9.37. The van der Waals surface area contributed by atoms with Gasteiger partial charge in [0.2, 0.25) is 16.0 Å². The molecule has 0 aliphatic carbocycles. The second kappa shape index (κ2) is 8.81. The molecule has 0 saturated carbocycles. The van der Waals surface area contributed by atoms with Gasteiger partial charge in [-0.25, -0.2) is 12.7 Å². The highest BCUT2D eigenvalue weighted by Gasteiger charge is 2.26. The van der Waals surface area contributed by atoms with Gasteiger partial charge in [0.1, 0.15) is 0 Å². The molecule has 0 N–H and O–H groups in total.